The van der Waals surface area contributed by atoms with Crippen molar-refractivity contribution in [3.05, 3.63) is 121 Å². The van der Waals surface area contributed by atoms with Crippen LogP contribution in [0.2, 0.25) is 0 Å². The van der Waals surface area contributed by atoms with E-state index < -0.39 is 153 Å². The second kappa shape index (κ2) is 30.5. The van der Waals surface area contributed by atoms with Gasteiger partial charge in [-0.1, -0.05) is 12.2 Å². The fourth-order valence-electron chi connectivity index (χ4n) is 12.2. The number of guanidine groups is 4. The molecule has 4 atom stereocenters. The van der Waals surface area contributed by atoms with E-state index in [4.69, 9.17) is 43.6 Å². The Morgan fingerprint density at radius 2 is 0.874 bits per heavy atom. The van der Waals surface area contributed by atoms with Gasteiger partial charge >= 0.3 is 18.3 Å². The number of allylic oxidation sites excluding steroid dienone is 1. The molecule has 10 N–H and O–H groups in total. The normalized spacial score (nSPS) is 23.3. The Morgan fingerprint density at radius 1 is 0.523 bits per heavy atom. The average Bonchev–Trinajstić information content (AvgIpc) is 1.70. The third kappa shape index (κ3) is 20.1. The van der Waals surface area contributed by atoms with Crippen molar-refractivity contribution >= 4 is 155 Å². The quantitative estimate of drug-likeness (QED) is 0.0438. The molecule has 11 rings (SSSR count). The zero-order chi connectivity index (χ0) is 83.8. The molecule has 608 valence electrons. The van der Waals surface area contributed by atoms with Gasteiger partial charge in [0.05, 0.1) is 50.1 Å². The minimum Gasteiger partial charge on any atom is -0.444 e. The number of sulfonamides is 4. The summed E-state index contributed by atoms with van der Waals surface area (Å²) in [5.74, 6) is -5.41. The van der Waals surface area contributed by atoms with E-state index in [2.05, 4.69) is 46.2 Å². The number of nitrogens with one attached hydrogen (secondary N) is 4. The minimum absolute atomic E-state index is 0.0340. The Morgan fingerprint density at radius 3 is 1.27 bits per heavy atom. The van der Waals surface area contributed by atoms with Crippen LogP contribution in [-0.2, 0) is 106 Å². The lowest BCUT2D eigenvalue weighted by molar-refractivity contribution is 0.0546. The van der Waals surface area contributed by atoms with E-state index in [0.29, 0.717) is 40.3 Å². The number of thioether (sulfide) groups is 1. The first kappa shape index (κ1) is 87.7. The molecule has 6 heterocycles. The number of nitrogens with zero attached hydrogens (tertiary/aromatic N) is 9. The highest BCUT2D eigenvalue weighted by Crippen LogP contribution is 2.43. The Kier molecular flexibility index (Phi) is 24.1. The molecule has 4 aromatic carbocycles. The Labute approximate surface area is 652 Å². The van der Waals surface area contributed by atoms with Crippen molar-refractivity contribution in [1.29, 1.82) is 0 Å². The fourth-order valence-corrected chi connectivity index (χ4v) is 19.5. The van der Waals surface area contributed by atoms with Gasteiger partial charge in [0.15, 0.2) is 9.84 Å². The molecule has 43 heteroatoms. The van der Waals surface area contributed by atoms with E-state index in [-0.39, 0.29) is 68.8 Å². The van der Waals surface area contributed by atoms with E-state index in [1.807, 2.05) is 6.26 Å². The molecule has 0 fully saturated rings. The number of carbonyl (C=O) groups is 3. The number of thiocarbonyl (C=S) groups is 1. The van der Waals surface area contributed by atoms with Crippen LogP contribution < -0.4 is 38.5 Å². The maximum atomic E-state index is 15.0. The van der Waals surface area contributed by atoms with E-state index in [1.54, 1.807) is 74.4 Å². The van der Waals surface area contributed by atoms with Crippen molar-refractivity contribution in [2.45, 2.75) is 148 Å². The van der Waals surface area contributed by atoms with Crippen molar-refractivity contribution < 1.29 is 88.2 Å². The van der Waals surface area contributed by atoms with Crippen LogP contribution >= 0.6 is 24.0 Å². The van der Waals surface area contributed by atoms with Gasteiger partial charge in [0.2, 0.25) is 63.9 Å². The predicted molar refractivity (Wildman–Crippen MR) is 423 cm³/mol. The van der Waals surface area contributed by atoms with E-state index >= 15 is 4.39 Å². The van der Waals surface area contributed by atoms with Gasteiger partial charge in [-0.2, -0.15) is 0 Å². The number of carbonyl (C=O) groups excluding carboxylic acids is 3. The summed E-state index contributed by atoms with van der Waals surface area (Å²) < 4.78 is 202. The molecule has 0 spiro atoms. The second-order valence-corrected chi connectivity index (χ2v) is 42.2. The molecular formula is C68H90F4N16O16S7. The number of aliphatic imine (C=N–C) groups is 5. The van der Waals surface area contributed by atoms with E-state index in [1.165, 1.54) is 104 Å². The second-order valence-electron chi connectivity index (χ2n) is 30.8. The molecule has 0 aromatic heterocycles. The lowest BCUT2D eigenvalue weighted by atomic mass is 9.91. The molecule has 0 saturated heterocycles. The number of rotatable bonds is 5. The zero-order valence-electron chi connectivity index (χ0n) is 64.3. The van der Waals surface area contributed by atoms with Crippen molar-refractivity contribution in [2.24, 2.45) is 30.7 Å². The molecule has 111 heavy (non-hydrogen) atoms. The first-order valence-electron chi connectivity index (χ1n) is 33.6. The summed E-state index contributed by atoms with van der Waals surface area (Å²) in [7, 11) is -13.7. The molecule has 32 nitrogen and oxygen atoms in total. The summed E-state index contributed by atoms with van der Waals surface area (Å²) in [6.07, 6.45) is 2.97. The van der Waals surface area contributed by atoms with Crippen molar-refractivity contribution in [3.8, 4) is 0 Å². The molecule has 6 aliphatic heterocycles. The highest BCUT2D eigenvalue weighted by Gasteiger charge is 2.48. The summed E-state index contributed by atoms with van der Waals surface area (Å²) in [4.78, 5) is 58.8. The number of halogens is 4. The smallest absolute Gasteiger partial charge is 0.414 e. The van der Waals surface area contributed by atoms with Gasteiger partial charge < -0.3 is 36.7 Å². The summed E-state index contributed by atoms with van der Waals surface area (Å²) in [6, 6.07) is 10.7. The third-order valence-corrected chi connectivity index (χ3v) is 27.6. The Bertz CT molecular complexity index is 5360. The molecule has 0 bridgehead atoms. The SMILES string of the molecule is CN1C(N)=N[C@](C)(c2cc3c(cc2F)C=C(S(C)(=O)=O)C3)CS1(=O)=O.CN1C(NC(=O)OC(C)(C)C)=N[C@](C)(c2cc(N)c(N)cc2F)CS1(=O)=O.CN1C(NC(=O)OC(C)(C)C)=N[C@](C)(c2cc3c(cc2F)NC(=S)C3)CS1(=O)=O.CSC1=Nc2cc(F)c([C@]3(C)CS(=O)(=O)N(C)C(NC(=O)OC(C)(C)C)=N3)cc2C1. The lowest BCUT2D eigenvalue weighted by Crippen LogP contribution is -2.54. The number of sulfone groups is 1. The molecule has 0 unspecified atom stereocenters. The van der Waals surface area contributed by atoms with Crippen LogP contribution in [0, 0.1) is 23.3 Å². The Hall–Kier alpha value is -8.91. The van der Waals surface area contributed by atoms with Gasteiger partial charge in [-0.25, -0.2) is 116 Å². The van der Waals surface area contributed by atoms with Gasteiger partial charge in [-0.05, 0) is 167 Å². The Balaban J connectivity index is 0.000000186. The van der Waals surface area contributed by atoms with Crippen LogP contribution in [0.25, 0.3) is 6.08 Å². The number of ether oxygens (including phenoxy) is 3. The van der Waals surface area contributed by atoms with E-state index in [0.717, 1.165) is 45.7 Å². The standard InChI is InChI=1S/C19H25FN4O4S2.C18H23FN4O4S2.C16H24FN5O4S.C15H18FN3O4S2/c1-18(2,3)28-17(25)22-16-23-19(4,10-30(26,27)24(16)5)12-7-11-8-15(29-6)21-14(11)9-13(12)20;1-17(2,3)27-16(24)21-15-22-18(4,9-29(25,26)23(15)5)11-6-10-7-14(28)20-13(10)8-12(11)19;1-15(2,3)26-14(23)20-13-21-16(4,8-27(24,25)22(13)5)9-6-11(18)12(19)7-10(9)17;1-15(8-25(22,23)19(2)14(17)18-15)12-6-9-4-11(24(3,20)21)5-10(9)7-13(12)16/h7,9H,8,10H2,1-6H3,(H,22,23,25);6,8H,7,9H2,1-5H3,(H,20,28)(H,21,22,24);6-7H,8,18-19H2,1-5H3,(H,20,21,23);5-7H,4,8H2,1-3H3,(H2,17,18)/t19-;18-;16-;15-/m0000/s1. The van der Waals surface area contributed by atoms with Crippen LogP contribution in [0.4, 0.5) is 54.7 Å². The third-order valence-electron chi connectivity index (χ3n) is 17.7. The van der Waals surface area contributed by atoms with E-state index in [9.17, 15) is 69.6 Å². The number of nitrogen functional groups attached to an aromatic ring is 2. The number of hydrogen-bond donors (Lipinski definition) is 7. The zero-order valence-corrected chi connectivity index (χ0v) is 70.0. The first-order valence-corrected chi connectivity index (χ1v) is 43.6. The molecule has 3 amide bonds. The molecule has 7 aliphatic rings. The number of anilines is 3. The number of benzene rings is 4. The maximum absolute atomic E-state index is 15.0. The molecule has 4 aromatic rings. The van der Waals surface area contributed by atoms with Crippen LogP contribution in [0.5, 0.6) is 0 Å². The van der Waals surface area contributed by atoms with Crippen LogP contribution in [0.1, 0.15) is 135 Å². The number of nitrogens with two attached hydrogens (primary N) is 3. The lowest BCUT2D eigenvalue weighted by Gasteiger charge is -2.36. The maximum Gasteiger partial charge on any atom is 0.414 e. The summed E-state index contributed by atoms with van der Waals surface area (Å²) in [6.45, 7) is 21.0. The largest absolute Gasteiger partial charge is 0.444 e. The number of amides is 3. The summed E-state index contributed by atoms with van der Waals surface area (Å²) >= 11 is 6.61. The van der Waals surface area contributed by atoms with Crippen molar-refractivity contribution in [3.63, 3.8) is 0 Å². The highest BCUT2D eigenvalue weighted by molar-refractivity contribution is 8.13. The first-order chi connectivity index (χ1) is 50.4. The average molecular weight is 1690 g/mol. The number of hydrogen-bond acceptors (Lipinski definition) is 26. The monoisotopic (exact) mass is 1690 g/mol. The molecule has 0 saturated carbocycles. The van der Waals surface area contributed by atoms with Gasteiger partial charge in [0, 0.05) is 92.6 Å². The van der Waals surface area contributed by atoms with Gasteiger partial charge in [0.25, 0.3) is 0 Å². The van der Waals surface area contributed by atoms with Crippen LogP contribution in [0.3, 0.4) is 0 Å². The number of alkyl carbamates (subject to hydrolysis) is 3. The molecule has 0 radical (unpaired) electrons. The fraction of sp³-hybridized carbons (Fsp3) is 0.485. The van der Waals surface area contributed by atoms with Crippen molar-refractivity contribution in [1.82, 2.24) is 33.2 Å². The van der Waals surface area contributed by atoms with Crippen LogP contribution in [-0.4, -0.2) is 192 Å². The minimum atomic E-state index is -3.90. The molecular weight excluding hydrogens is 1600 g/mol. The van der Waals surface area contributed by atoms with Gasteiger partial charge in [0.1, 0.15) is 62.2 Å². The van der Waals surface area contributed by atoms with Crippen molar-refractivity contribution in [2.75, 3.05) is 80.5 Å². The van der Waals surface area contributed by atoms with Gasteiger partial charge in [-0.15, -0.1) is 11.8 Å². The van der Waals surface area contributed by atoms with Crippen LogP contribution in [0.15, 0.2) is 78.4 Å². The highest BCUT2D eigenvalue weighted by atomic mass is 32.2. The van der Waals surface area contributed by atoms with Gasteiger partial charge in [-0.3, -0.25) is 16.0 Å². The predicted octanol–water partition coefficient (Wildman–Crippen LogP) is 7.57. The molecule has 1 aliphatic carbocycles. The topological polar surface area (TPSA) is 451 Å². The number of fused-ring (bicyclic) bond motifs is 3. The summed E-state index contributed by atoms with van der Waals surface area (Å²) in [5, 5.41) is 10.8. The summed E-state index contributed by atoms with van der Waals surface area (Å²) in [5.41, 5.74) is 13.1.